The highest BCUT2D eigenvalue weighted by molar-refractivity contribution is 7.89. The van der Waals surface area contributed by atoms with E-state index in [0.29, 0.717) is 36.4 Å². The van der Waals surface area contributed by atoms with Crippen LogP contribution in [0.5, 0.6) is 5.75 Å². The van der Waals surface area contributed by atoms with Crippen molar-refractivity contribution in [3.63, 3.8) is 0 Å². The van der Waals surface area contributed by atoms with E-state index in [1.807, 2.05) is 4.90 Å². The maximum atomic E-state index is 13.2. The second kappa shape index (κ2) is 9.74. The molecule has 3 fully saturated rings. The van der Waals surface area contributed by atoms with Crippen LogP contribution in [0, 0.1) is 5.92 Å². The number of fused-ring (bicyclic) bond motifs is 1. The fraction of sp³-hybridized carbons (Fsp3) is 0.625. The minimum atomic E-state index is -3.62. The number of piperidine rings is 2. The highest BCUT2D eigenvalue weighted by atomic mass is 32.2. The summed E-state index contributed by atoms with van der Waals surface area (Å²) in [5.41, 5.74) is 0.696. The van der Waals surface area contributed by atoms with Crippen LogP contribution in [0.25, 0.3) is 6.08 Å². The molecule has 1 amide bonds. The van der Waals surface area contributed by atoms with Gasteiger partial charge in [0, 0.05) is 31.8 Å². The number of carbonyl (C=O) groups excluding carboxylic acids is 1. The molecule has 6 nitrogen and oxygen atoms in total. The first-order valence-corrected chi connectivity index (χ1v) is 13.1. The van der Waals surface area contributed by atoms with Gasteiger partial charge in [-0.05, 0) is 68.2 Å². The van der Waals surface area contributed by atoms with Gasteiger partial charge in [0.2, 0.25) is 15.9 Å². The fourth-order valence-corrected chi connectivity index (χ4v) is 7.11. The van der Waals surface area contributed by atoms with Crippen molar-refractivity contribution in [3.8, 4) is 5.75 Å². The number of methoxy groups -OCH3 is 1. The predicted molar refractivity (Wildman–Crippen MR) is 121 cm³/mol. The summed E-state index contributed by atoms with van der Waals surface area (Å²) < 4.78 is 33.3. The van der Waals surface area contributed by atoms with Crippen molar-refractivity contribution in [3.05, 3.63) is 29.8 Å². The lowest BCUT2D eigenvalue weighted by atomic mass is 9.78. The Morgan fingerprint density at radius 3 is 2.52 bits per heavy atom. The van der Waals surface area contributed by atoms with Crippen LogP contribution in [0.4, 0.5) is 0 Å². The molecular formula is C24H34N2O4S. The van der Waals surface area contributed by atoms with Gasteiger partial charge in [-0.1, -0.05) is 25.3 Å². The first kappa shape index (κ1) is 22.3. The van der Waals surface area contributed by atoms with Gasteiger partial charge in [0.25, 0.3) is 0 Å². The lowest BCUT2D eigenvalue weighted by molar-refractivity contribution is -0.132. The van der Waals surface area contributed by atoms with Crippen molar-refractivity contribution in [2.75, 3.05) is 26.7 Å². The van der Waals surface area contributed by atoms with E-state index in [0.717, 1.165) is 38.6 Å². The average Bonchev–Trinajstić information content (AvgIpc) is 2.82. The van der Waals surface area contributed by atoms with Crippen molar-refractivity contribution in [1.82, 2.24) is 9.21 Å². The molecular weight excluding hydrogens is 412 g/mol. The number of rotatable bonds is 5. The van der Waals surface area contributed by atoms with Crippen LogP contribution < -0.4 is 4.74 Å². The van der Waals surface area contributed by atoms with Crippen molar-refractivity contribution in [2.24, 2.45) is 5.92 Å². The first-order valence-electron chi connectivity index (χ1n) is 11.7. The molecule has 4 rings (SSSR count). The zero-order chi connectivity index (χ0) is 21.8. The quantitative estimate of drug-likeness (QED) is 0.640. The number of benzene rings is 1. The lowest BCUT2D eigenvalue weighted by Gasteiger charge is -2.43. The number of carbonyl (C=O) groups is 1. The van der Waals surface area contributed by atoms with Gasteiger partial charge >= 0.3 is 0 Å². The van der Waals surface area contributed by atoms with Crippen LogP contribution in [0.3, 0.4) is 0 Å². The minimum absolute atomic E-state index is 0.0351. The van der Waals surface area contributed by atoms with Crippen molar-refractivity contribution < 1.29 is 17.9 Å². The van der Waals surface area contributed by atoms with E-state index in [-0.39, 0.29) is 10.8 Å². The third-order valence-electron chi connectivity index (χ3n) is 7.07. The van der Waals surface area contributed by atoms with E-state index < -0.39 is 10.0 Å². The number of sulfonamides is 1. The van der Waals surface area contributed by atoms with Gasteiger partial charge in [0.05, 0.1) is 7.11 Å². The van der Waals surface area contributed by atoms with E-state index >= 15 is 0 Å². The Hall–Kier alpha value is -1.86. The summed E-state index contributed by atoms with van der Waals surface area (Å²) in [7, 11) is -2.14. The van der Waals surface area contributed by atoms with Gasteiger partial charge in [-0.3, -0.25) is 4.79 Å². The molecule has 0 aromatic heterocycles. The highest BCUT2D eigenvalue weighted by Gasteiger charge is 2.35. The fourth-order valence-electron chi connectivity index (χ4n) is 5.40. The average molecular weight is 447 g/mol. The minimum Gasteiger partial charge on any atom is -0.495 e. The summed E-state index contributed by atoms with van der Waals surface area (Å²) in [5, 5.41) is 0. The summed E-state index contributed by atoms with van der Waals surface area (Å²) in [5.74, 6) is 1.02. The molecule has 7 heteroatoms. The largest absolute Gasteiger partial charge is 0.495 e. The molecule has 1 aromatic carbocycles. The van der Waals surface area contributed by atoms with E-state index in [1.165, 1.54) is 32.8 Å². The number of hydrogen-bond donors (Lipinski definition) is 0. The van der Waals surface area contributed by atoms with Gasteiger partial charge in [-0.2, -0.15) is 4.31 Å². The Morgan fingerprint density at radius 1 is 1.00 bits per heavy atom. The molecule has 2 aliphatic heterocycles. The molecule has 0 N–H and O–H groups in total. The summed E-state index contributed by atoms with van der Waals surface area (Å²) in [4.78, 5) is 15.2. The van der Waals surface area contributed by atoms with Crippen LogP contribution in [-0.2, 0) is 14.8 Å². The second-order valence-corrected chi connectivity index (χ2v) is 10.9. The molecule has 0 radical (unpaired) electrons. The van der Waals surface area contributed by atoms with Crippen LogP contribution in [-0.4, -0.2) is 56.3 Å². The Morgan fingerprint density at radius 2 is 1.74 bits per heavy atom. The summed E-state index contributed by atoms with van der Waals surface area (Å²) in [6.45, 7) is 1.91. The summed E-state index contributed by atoms with van der Waals surface area (Å²) >= 11 is 0. The molecule has 1 saturated carbocycles. The molecule has 0 spiro atoms. The van der Waals surface area contributed by atoms with Crippen LogP contribution in [0.2, 0.25) is 0 Å². The van der Waals surface area contributed by atoms with E-state index in [2.05, 4.69) is 0 Å². The van der Waals surface area contributed by atoms with E-state index in [4.69, 9.17) is 4.74 Å². The van der Waals surface area contributed by atoms with Crippen molar-refractivity contribution >= 4 is 22.0 Å². The van der Waals surface area contributed by atoms with E-state index in [1.54, 1.807) is 34.7 Å². The topological polar surface area (TPSA) is 66.9 Å². The molecule has 31 heavy (non-hydrogen) atoms. The SMILES string of the molecule is COc1ccc(/C=C/C(=O)N2CCCC3CCCCC32)cc1S(=O)(=O)N1CCCCC1. The molecule has 1 aliphatic carbocycles. The smallest absolute Gasteiger partial charge is 0.246 e. The van der Waals surface area contributed by atoms with Crippen LogP contribution >= 0.6 is 0 Å². The molecule has 0 bridgehead atoms. The maximum absolute atomic E-state index is 13.2. The highest BCUT2D eigenvalue weighted by Crippen LogP contribution is 2.35. The molecule has 2 atom stereocenters. The predicted octanol–water partition coefficient (Wildman–Crippen LogP) is 4.06. The molecule has 2 saturated heterocycles. The maximum Gasteiger partial charge on any atom is 0.246 e. The van der Waals surface area contributed by atoms with Gasteiger partial charge in [-0.25, -0.2) is 8.42 Å². The summed E-state index contributed by atoms with van der Waals surface area (Å²) in [6.07, 6.45) is 13.3. The Kier molecular flexibility index (Phi) is 7.02. The van der Waals surface area contributed by atoms with E-state index in [9.17, 15) is 13.2 Å². The number of amides is 1. The molecule has 1 aromatic rings. The third kappa shape index (κ3) is 4.82. The van der Waals surface area contributed by atoms with Gasteiger partial charge in [-0.15, -0.1) is 0 Å². The Labute approximate surface area is 186 Å². The van der Waals surface area contributed by atoms with Gasteiger partial charge < -0.3 is 9.64 Å². The zero-order valence-electron chi connectivity index (χ0n) is 18.5. The monoisotopic (exact) mass is 446 g/mol. The third-order valence-corrected chi connectivity index (χ3v) is 8.99. The number of hydrogen-bond acceptors (Lipinski definition) is 4. The normalized spacial score (nSPS) is 25.4. The standard InChI is InChI=1S/C24H34N2O4S/c1-30-22-13-11-19(18-23(22)31(28,29)25-15-5-2-6-16-25)12-14-24(27)26-17-7-9-20-8-3-4-10-21(20)26/h11-14,18,20-21H,2-10,15-17H2,1H3/b14-12+. The number of likely N-dealkylation sites (tertiary alicyclic amines) is 1. The molecule has 2 heterocycles. The number of ether oxygens (including phenoxy) is 1. The zero-order valence-corrected chi connectivity index (χ0v) is 19.3. The van der Waals surface area contributed by atoms with Crippen molar-refractivity contribution in [2.45, 2.75) is 68.7 Å². The van der Waals surface area contributed by atoms with Gasteiger partial charge in [0.15, 0.2) is 0 Å². The molecule has 170 valence electrons. The second-order valence-electron chi connectivity index (χ2n) is 8.99. The summed E-state index contributed by atoms with van der Waals surface area (Å²) in [6, 6.07) is 5.48. The Balaban J connectivity index is 1.54. The first-order chi connectivity index (χ1) is 15.0. The van der Waals surface area contributed by atoms with Crippen molar-refractivity contribution in [1.29, 1.82) is 0 Å². The number of nitrogens with zero attached hydrogens (tertiary/aromatic N) is 2. The van der Waals surface area contributed by atoms with Gasteiger partial charge in [0.1, 0.15) is 10.6 Å². The lowest BCUT2D eigenvalue weighted by Crippen LogP contribution is -2.49. The molecule has 3 aliphatic rings. The Bertz CT molecular complexity index is 920. The van der Waals surface area contributed by atoms with Crippen LogP contribution in [0.15, 0.2) is 29.2 Å². The van der Waals surface area contributed by atoms with Crippen LogP contribution in [0.1, 0.15) is 63.4 Å². The molecule has 2 unspecified atom stereocenters.